The van der Waals surface area contributed by atoms with Gasteiger partial charge in [-0.2, -0.15) is 0 Å². The number of hydrogen-bond acceptors (Lipinski definition) is 5. The van der Waals surface area contributed by atoms with Gasteiger partial charge < -0.3 is 20.1 Å². The quantitative estimate of drug-likeness (QED) is 0.728. The summed E-state index contributed by atoms with van der Waals surface area (Å²) in [7, 11) is 1.55. The zero-order valence-electron chi connectivity index (χ0n) is 17.5. The Kier molecular flexibility index (Phi) is 7.27. The molecule has 0 atom stereocenters. The molecule has 1 aromatic heterocycles. The first-order valence-electron chi connectivity index (χ1n) is 10.3. The molecule has 1 aliphatic rings. The highest BCUT2D eigenvalue weighted by atomic mass is 16.6. The van der Waals surface area contributed by atoms with Crippen molar-refractivity contribution >= 4 is 12.0 Å². The molecule has 0 radical (unpaired) electrons. The van der Waals surface area contributed by atoms with Crippen molar-refractivity contribution in [3.8, 4) is 5.75 Å². The number of hydrogen-bond donors (Lipinski definition) is 2. The highest BCUT2D eigenvalue weighted by Crippen LogP contribution is 2.39. The van der Waals surface area contributed by atoms with Gasteiger partial charge in [0.05, 0.1) is 12.7 Å². The molecule has 2 N–H and O–H groups in total. The van der Waals surface area contributed by atoms with Crippen molar-refractivity contribution < 1.29 is 19.1 Å². The highest BCUT2D eigenvalue weighted by Gasteiger charge is 2.39. The molecule has 7 heteroatoms. The van der Waals surface area contributed by atoms with Gasteiger partial charge in [0, 0.05) is 30.4 Å². The summed E-state index contributed by atoms with van der Waals surface area (Å²) in [5, 5.41) is 5.75. The molecule has 0 saturated heterocycles. The fourth-order valence-electron chi connectivity index (χ4n) is 3.98. The van der Waals surface area contributed by atoms with Crippen molar-refractivity contribution in [1.29, 1.82) is 0 Å². The smallest absolute Gasteiger partial charge is 0.407 e. The maximum absolute atomic E-state index is 12.8. The van der Waals surface area contributed by atoms with Crippen molar-refractivity contribution in [3.05, 3.63) is 59.9 Å². The van der Waals surface area contributed by atoms with Crippen LogP contribution in [0.2, 0.25) is 0 Å². The van der Waals surface area contributed by atoms with Crippen LogP contribution in [0.4, 0.5) is 4.79 Å². The molecular weight excluding hydrogens is 382 g/mol. The van der Waals surface area contributed by atoms with Crippen molar-refractivity contribution in [1.82, 2.24) is 15.6 Å². The summed E-state index contributed by atoms with van der Waals surface area (Å²) in [6.07, 6.45) is 4.24. The first-order valence-corrected chi connectivity index (χ1v) is 10.3. The predicted octanol–water partition coefficient (Wildman–Crippen LogP) is 3.45. The van der Waals surface area contributed by atoms with E-state index in [-0.39, 0.29) is 23.5 Å². The fourth-order valence-corrected chi connectivity index (χ4v) is 3.98. The third-order valence-corrected chi connectivity index (χ3v) is 5.63. The average Bonchev–Trinajstić information content (AvgIpc) is 2.79. The topological polar surface area (TPSA) is 89.6 Å². The normalized spacial score (nSPS) is 20.8. The maximum Gasteiger partial charge on any atom is 0.407 e. The van der Waals surface area contributed by atoms with Gasteiger partial charge in [0.15, 0.2) is 0 Å². The van der Waals surface area contributed by atoms with E-state index in [9.17, 15) is 9.59 Å². The van der Waals surface area contributed by atoms with Crippen molar-refractivity contribution in [2.75, 3.05) is 20.2 Å². The van der Waals surface area contributed by atoms with Crippen LogP contribution in [0.25, 0.3) is 0 Å². The Morgan fingerprint density at radius 1 is 1.10 bits per heavy atom. The number of amides is 2. The van der Waals surface area contributed by atoms with Crippen molar-refractivity contribution in [3.63, 3.8) is 0 Å². The SMILES string of the molecule is CCNC(=O)OC1CCC(CNC(=O)c2ccccc2OC)(c2ccccn2)CC1. The number of methoxy groups -OCH3 is 1. The second-order valence-electron chi connectivity index (χ2n) is 7.51. The summed E-state index contributed by atoms with van der Waals surface area (Å²) in [6, 6.07) is 13.0. The number of alkyl carbamates (subject to hydrolysis) is 1. The first-order chi connectivity index (χ1) is 14.6. The number of para-hydroxylation sites is 1. The maximum atomic E-state index is 12.8. The van der Waals surface area contributed by atoms with Crippen LogP contribution in [0, 0.1) is 0 Å². The molecule has 0 spiro atoms. The van der Waals surface area contributed by atoms with E-state index in [4.69, 9.17) is 9.47 Å². The van der Waals surface area contributed by atoms with Gasteiger partial charge in [-0.25, -0.2) is 4.79 Å². The molecule has 1 fully saturated rings. The third-order valence-electron chi connectivity index (χ3n) is 5.63. The number of nitrogens with one attached hydrogen (secondary N) is 2. The van der Waals surface area contributed by atoms with E-state index in [0.29, 0.717) is 24.4 Å². The van der Waals surface area contributed by atoms with Crippen LogP contribution in [0.5, 0.6) is 5.75 Å². The van der Waals surface area contributed by atoms with Crippen molar-refractivity contribution in [2.24, 2.45) is 0 Å². The van der Waals surface area contributed by atoms with Gasteiger partial charge in [-0.05, 0) is 56.9 Å². The second-order valence-corrected chi connectivity index (χ2v) is 7.51. The Balaban J connectivity index is 1.71. The van der Waals surface area contributed by atoms with Gasteiger partial charge in [0.2, 0.25) is 0 Å². The van der Waals surface area contributed by atoms with E-state index in [1.807, 2.05) is 37.3 Å². The van der Waals surface area contributed by atoms with Gasteiger partial charge in [-0.3, -0.25) is 9.78 Å². The van der Waals surface area contributed by atoms with E-state index < -0.39 is 0 Å². The lowest BCUT2D eigenvalue weighted by atomic mass is 9.70. The average molecular weight is 412 g/mol. The van der Waals surface area contributed by atoms with Crippen LogP contribution >= 0.6 is 0 Å². The molecule has 0 bridgehead atoms. The summed E-state index contributed by atoms with van der Waals surface area (Å²) >= 11 is 0. The minimum atomic E-state index is -0.377. The molecular formula is C23H29N3O4. The molecule has 0 unspecified atom stereocenters. The molecule has 3 rings (SSSR count). The Hall–Kier alpha value is -3.09. The number of benzene rings is 1. The van der Waals surface area contributed by atoms with E-state index in [1.165, 1.54) is 0 Å². The molecule has 160 valence electrons. The molecule has 1 heterocycles. The van der Waals surface area contributed by atoms with E-state index in [1.54, 1.807) is 25.4 Å². The van der Waals surface area contributed by atoms with Crippen molar-refractivity contribution in [2.45, 2.75) is 44.1 Å². The highest BCUT2D eigenvalue weighted by molar-refractivity contribution is 5.96. The number of ether oxygens (including phenoxy) is 2. The molecule has 0 aliphatic heterocycles. The fraction of sp³-hybridized carbons (Fsp3) is 0.435. The third kappa shape index (κ3) is 5.09. The van der Waals surface area contributed by atoms with Gasteiger partial charge in [-0.1, -0.05) is 18.2 Å². The molecule has 7 nitrogen and oxygen atoms in total. The molecule has 1 aromatic carbocycles. The molecule has 1 saturated carbocycles. The number of rotatable bonds is 7. The van der Waals surface area contributed by atoms with Crippen LogP contribution in [-0.2, 0) is 10.2 Å². The number of carbonyl (C=O) groups is 2. The largest absolute Gasteiger partial charge is 0.496 e. The zero-order chi connectivity index (χ0) is 21.4. The Morgan fingerprint density at radius 2 is 1.83 bits per heavy atom. The number of nitrogens with zero attached hydrogens (tertiary/aromatic N) is 1. The summed E-state index contributed by atoms with van der Waals surface area (Å²) in [5.41, 5.74) is 1.14. The summed E-state index contributed by atoms with van der Waals surface area (Å²) in [6.45, 7) is 2.85. The molecule has 2 aromatic rings. The van der Waals surface area contributed by atoms with Crippen LogP contribution in [-0.4, -0.2) is 43.3 Å². The van der Waals surface area contributed by atoms with Crippen LogP contribution < -0.4 is 15.4 Å². The lowest BCUT2D eigenvalue weighted by Gasteiger charge is -2.39. The van der Waals surface area contributed by atoms with Gasteiger partial charge in [-0.15, -0.1) is 0 Å². The van der Waals surface area contributed by atoms with Crippen LogP contribution in [0.15, 0.2) is 48.7 Å². The molecule has 30 heavy (non-hydrogen) atoms. The predicted molar refractivity (Wildman–Crippen MR) is 114 cm³/mol. The Bertz CT molecular complexity index is 849. The lowest BCUT2D eigenvalue weighted by Crippen LogP contribution is -2.45. The minimum Gasteiger partial charge on any atom is -0.496 e. The summed E-state index contributed by atoms with van der Waals surface area (Å²) < 4.78 is 10.8. The zero-order valence-corrected chi connectivity index (χ0v) is 17.5. The van der Waals surface area contributed by atoms with E-state index >= 15 is 0 Å². The van der Waals surface area contributed by atoms with E-state index in [2.05, 4.69) is 15.6 Å². The van der Waals surface area contributed by atoms with Gasteiger partial charge in [0.1, 0.15) is 11.9 Å². The van der Waals surface area contributed by atoms with Gasteiger partial charge in [0.25, 0.3) is 5.91 Å². The molecule has 2 amide bonds. The lowest BCUT2D eigenvalue weighted by molar-refractivity contribution is 0.0561. The number of pyridine rings is 1. The second kappa shape index (κ2) is 10.1. The first kappa shape index (κ1) is 21.6. The number of aromatic nitrogens is 1. The molecule has 1 aliphatic carbocycles. The summed E-state index contributed by atoms with van der Waals surface area (Å²) in [5.74, 6) is 0.365. The Labute approximate surface area is 177 Å². The van der Waals surface area contributed by atoms with Crippen LogP contribution in [0.3, 0.4) is 0 Å². The van der Waals surface area contributed by atoms with Gasteiger partial charge >= 0.3 is 6.09 Å². The standard InChI is InChI=1S/C23H29N3O4/c1-3-24-22(28)30-17-11-13-23(14-12-17,20-10-6-7-15-25-20)16-26-21(27)18-8-4-5-9-19(18)29-2/h4-10,15,17H,3,11-14,16H2,1-2H3,(H,24,28)(H,26,27). The van der Waals surface area contributed by atoms with E-state index in [0.717, 1.165) is 31.4 Å². The Morgan fingerprint density at radius 3 is 2.50 bits per heavy atom. The summed E-state index contributed by atoms with van der Waals surface area (Å²) in [4.78, 5) is 29.2. The number of carbonyl (C=O) groups excluding carboxylic acids is 2. The monoisotopic (exact) mass is 411 g/mol. The minimum absolute atomic E-state index is 0.127. The van der Waals surface area contributed by atoms with Crippen LogP contribution in [0.1, 0.15) is 48.7 Å².